The molecule has 1 aliphatic rings. The Hall–Kier alpha value is -2.91. The molecule has 0 spiro atoms. The van der Waals surface area contributed by atoms with Crippen LogP contribution in [0.3, 0.4) is 0 Å². The van der Waals surface area contributed by atoms with Crippen LogP contribution in [0.1, 0.15) is 31.2 Å². The van der Waals surface area contributed by atoms with Gasteiger partial charge < -0.3 is 19.5 Å². The highest BCUT2D eigenvalue weighted by molar-refractivity contribution is 8.00. The number of ether oxygens (including phenoxy) is 2. The van der Waals surface area contributed by atoms with Gasteiger partial charge in [0.15, 0.2) is 0 Å². The normalized spacial score (nSPS) is 20.2. The maximum atomic E-state index is 14.1. The van der Waals surface area contributed by atoms with E-state index in [4.69, 9.17) is 9.47 Å². The van der Waals surface area contributed by atoms with Gasteiger partial charge in [0.1, 0.15) is 29.8 Å². The first-order chi connectivity index (χ1) is 15.7. The molecule has 4 rings (SSSR count). The SMILES string of the molecule is C=S(C)(=O)Nc1cc(C)c2c(Nc3ccc(F)cc3OC3CCCCC3OC)ncnc2c1. The molecule has 0 amide bonds. The van der Waals surface area contributed by atoms with E-state index in [2.05, 4.69) is 25.9 Å². The van der Waals surface area contributed by atoms with Gasteiger partial charge >= 0.3 is 0 Å². The van der Waals surface area contributed by atoms with Crippen LogP contribution in [0.5, 0.6) is 5.75 Å². The highest BCUT2D eigenvalue weighted by Crippen LogP contribution is 2.35. The molecule has 3 aromatic rings. The van der Waals surface area contributed by atoms with Crippen LogP contribution >= 0.6 is 0 Å². The minimum atomic E-state index is -2.42. The maximum absolute atomic E-state index is 14.1. The van der Waals surface area contributed by atoms with E-state index < -0.39 is 9.71 Å². The fourth-order valence-corrected chi connectivity index (χ4v) is 4.87. The molecule has 0 aliphatic heterocycles. The maximum Gasteiger partial charge on any atom is 0.146 e. The monoisotopic (exact) mass is 472 g/mol. The van der Waals surface area contributed by atoms with Crippen LogP contribution in [-0.2, 0) is 14.4 Å². The molecule has 1 fully saturated rings. The Labute approximate surface area is 193 Å². The molecule has 0 bridgehead atoms. The van der Waals surface area contributed by atoms with Gasteiger partial charge in [-0.3, -0.25) is 0 Å². The number of nitrogens with zero attached hydrogens (tertiary/aromatic N) is 2. The number of rotatable bonds is 7. The number of aryl methyl sites for hydroxylation is 1. The van der Waals surface area contributed by atoms with Crippen LogP contribution in [0.15, 0.2) is 36.7 Å². The first-order valence-electron chi connectivity index (χ1n) is 10.8. The lowest BCUT2D eigenvalue weighted by atomic mass is 9.94. The number of anilines is 3. The van der Waals surface area contributed by atoms with Crippen molar-refractivity contribution in [1.29, 1.82) is 0 Å². The Morgan fingerprint density at radius 1 is 1.15 bits per heavy atom. The van der Waals surface area contributed by atoms with Crippen LogP contribution in [0.4, 0.5) is 21.6 Å². The zero-order valence-electron chi connectivity index (χ0n) is 19.1. The summed E-state index contributed by atoms with van der Waals surface area (Å²) in [5.74, 6) is 4.24. The Balaban J connectivity index is 1.68. The second kappa shape index (κ2) is 9.52. The molecule has 0 radical (unpaired) electrons. The summed E-state index contributed by atoms with van der Waals surface area (Å²) >= 11 is 0. The molecule has 2 N–H and O–H groups in total. The summed E-state index contributed by atoms with van der Waals surface area (Å²) in [6.07, 6.45) is 6.74. The van der Waals surface area contributed by atoms with Crippen molar-refractivity contribution in [2.45, 2.75) is 44.8 Å². The van der Waals surface area contributed by atoms with Gasteiger partial charge in [0, 0.05) is 40.2 Å². The third-order valence-electron chi connectivity index (χ3n) is 5.69. The van der Waals surface area contributed by atoms with E-state index >= 15 is 0 Å². The molecule has 1 aliphatic carbocycles. The van der Waals surface area contributed by atoms with E-state index in [1.807, 2.05) is 13.0 Å². The van der Waals surface area contributed by atoms with E-state index in [1.165, 1.54) is 24.7 Å². The van der Waals surface area contributed by atoms with Crippen molar-refractivity contribution in [3.63, 3.8) is 0 Å². The van der Waals surface area contributed by atoms with E-state index in [0.717, 1.165) is 36.6 Å². The first kappa shape index (κ1) is 23.3. The Morgan fingerprint density at radius 2 is 1.91 bits per heavy atom. The van der Waals surface area contributed by atoms with Crippen LogP contribution in [0.25, 0.3) is 10.9 Å². The van der Waals surface area contributed by atoms with E-state index in [0.29, 0.717) is 28.5 Å². The van der Waals surface area contributed by atoms with Gasteiger partial charge in [-0.15, -0.1) is 0 Å². The minimum Gasteiger partial charge on any atom is -0.485 e. The van der Waals surface area contributed by atoms with Crippen molar-refractivity contribution in [3.8, 4) is 5.75 Å². The van der Waals surface area contributed by atoms with E-state index in [1.54, 1.807) is 19.2 Å². The van der Waals surface area contributed by atoms with Gasteiger partial charge in [-0.05, 0) is 61.9 Å². The molecular weight excluding hydrogens is 443 g/mol. The largest absolute Gasteiger partial charge is 0.485 e. The quantitative estimate of drug-likeness (QED) is 0.479. The fourth-order valence-electron chi connectivity index (χ4n) is 4.25. The Bertz CT molecular complexity index is 1270. The van der Waals surface area contributed by atoms with Crippen LogP contribution < -0.4 is 14.8 Å². The smallest absolute Gasteiger partial charge is 0.146 e. The number of aromatic nitrogens is 2. The first-order valence-corrected chi connectivity index (χ1v) is 13.0. The number of methoxy groups -OCH3 is 1. The lowest BCUT2D eigenvalue weighted by molar-refractivity contribution is -0.0227. The highest BCUT2D eigenvalue weighted by Gasteiger charge is 2.27. The van der Waals surface area contributed by atoms with Crippen molar-refractivity contribution in [1.82, 2.24) is 9.97 Å². The third-order valence-corrected chi connectivity index (χ3v) is 6.36. The zero-order valence-corrected chi connectivity index (χ0v) is 19.9. The van der Waals surface area contributed by atoms with Crippen LogP contribution in [-0.4, -0.2) is 45.6 Å². The number of hydrogen-bond acceptors (Lipinski definition) is 6. The van der Waals surface area contributed by atoms with Crippen molar-refractivity contribution >= 4 is 43.7 Å². The molecule has 1 saturated carbocycles. The predicted molar refractivity (Wildman–Crippen MR) is 132 cm³/mol. The summed E-state index contributed by atoms with van der Waals surface area (Å²) < 4.78 is 40.9. The summed E-state index contributed by atoms with van der Waals surface area (Å²) in [7, 11) is -0.741. The van der Waals surface area contributed by atoms with Crippen LogP contribution in [0, 0.1) is 12.7 Å². The van der Waals surface area contributed by atoms with Gasteiger partial charge in [-0.1, -0.05) is 6.42 Å². The molecular formula is C24H29FN4O3S. The highest BCUT2D eigenvalue weighted by atomic mass is 32.2. The molecule has 2 aromatic carbocycles. The zero-order chi connectivity index (χ0) is 23.6. The van der Waals surface area contributed by atoms with Crippen molar-refractivity contribution in [2.75, 3.05) is 23.4 Å². The molecule has 3 atom stereocenters. The second-order valence-electron chi connectivity index (χ2n) is 8.50. The lowest BCUT2D eigenvalue weighted by Crippen LogP contribution is -2.36. The molecule has 1 heterocycles. The standard InChI is InChI=1S/C24H29FN4O3S/c1-15-11-17(29-33(3,4)30)13-19-23(15)24(27-14-26-19)28-18-10-9-16(25)12-22(18)32-21-8-6-5-7-20(21)31-2/h9-14,20-21H,3,5-8H2,1-2,4H3,(H,29,30)(H,26,27,28). The third kappa shape index (κ3) is 5.54. The Morgan fingerprint density at radius 3 is 2.64 bits per heavy atom. The molecule has 3 unspecified atom stereocenters. The minimum absolute atomic E-state index is 0.0233. The summed E-state index contributed by atoms with van der Waals surface area (Å²) in [5.41, 5.74) is 2.83. The van der Waals surface area contributed by atoms with Crippen LogP contribution in [0.2, 0.25) is 0 Å². The van der Waals surface area contributed by atoms with Gasteiger partial charge in [0.25, 0.3) is 0 Å². The summed E-state index contributed by atoms with van der Waals surface area (Å²) in [6, 6.07) is 8.08. The lowest BCUT2D eigenvalue weighted by Gasteiger charge is -2.31. The number of hydrogen-bond donors (Lipinski definition) is 2. The average molecular weight is 473 g/mol. The average Bonchev–Trinajstić information content (AvgIpc) is 2.74. The number of fused-ring (bicyclic) bond motifs is 1. The number of halogens is 1. The van der Waals surface area contributed by atoms with Gasteiger partial charge in [-0.25, -0.2) is 18.6 Å². The fraction of sp³-hybridized carbons (Fsp3) is 0.375. The summed E-state index contributed by atoms with van der Waals surface area (Å²) in [5, 5.41) is 4.10. The Kier molecular flexibility index (Phi) is 6.71. The van der Waals surface area contributed by atoms with Gasteiger partial charge in [-0.2, -0.15) is 0 Å². The van der Waals surface area contributed by atoms with Gasteiger partial charge in [0.2, 0.25) is 0 Å². The van der Waals surface area contributed by atoms with E-state index in [-0.39, 0.29) is 18.0 Å². The predicted octanol–water partition coefficient (Wildman–Crippen LogP) is 4.83. The molecule has 9 heteroatoms. The summed E-state index contributed by atoms with van der Waals surface area (Å²) in [4.78, 5) is 8.80. The molecule has 0 saturated heterocycles. The molecule has 1 aromatic heterocycles. The molecule has 7 nitrogen and oxygen atoms in total. The van der Waals surface area contributed by atoms with Crippen molar-refractivity contribution < 1.29 is 18.1 Å². The van der Waals surface area contributed by atoms with Gasteiger partial charge in [0.05, 0.1) is 17.3 Å². The number of nitrogens with one attached hydrogen (secondary N) is 2. The molecule has 176 valence electrons. The number of benzene rings is 2. The van der Waals surface area contributed by atoms with Crippen molar-refractivity contribution in [2.24, 2.45) is 0 Å². The van der Waals surface area contributed by atoms with Crippen molar-refractivity contribution in [3.05, 3.63) is 48.0 Å². The summed E-state index contributed by atoms with van der Waals surface area (Å²) in [6.45, 7) is 1.93. The van der Waals surface area contributed by atoms with E-state index in [9.17, 15) is 8.60 Å². The topological polar surface area (TPSA) is 85.4 Å². The molecule has 33 heavy (non-hydrogen) atoms. The second-order valence-corrected chi connectivity index (χ2v) is 10.7.